The van der Waals surface area contributed by atoms with Gasteiger partial charge in [-0.2, -0.15) is 0 Å². The number of benzene rings is 1. The Hall–Kier alpha value is -3.34. The van der Waals surface area contributed by atoms with Crippen LogP contribution in [0.25, 0.3) is 0 Å². The molecule has 0 radical (unpaired) electrons. The van der Waals surface area contributed by atoms with Gasteiger partial charge in [-0.15, -0.1) is 0 Å². The number of rotatable bonds is 4. The average Bonchev–Trinajstić information content (AvgIpc) is 2.77. The number of nitrogens with one attached hydrogen (secondary N) is 1. The molecule has 182 valence electrons. The fourth-order valence-corrected chi connectivity index (χ4v) is 4.54. The number of aromatic nitrogens is 1. The Morgan fingerprint density at radius 2 is 1.88 bits per heavy atom. The maximum Gasteiger partial charge on any atom is 0.274 e. The summed E-state index contributed by atoms with van der Waals surface area (Å²) in [6.07, 6.45) is 2.86. The lowest BCUT2D eigenvalue weighted by Crippen LogP contribution is -2.49. The van der Waals surface area contributed by atoms with Crippen LogP contribution in [0.2, 0.25) is 0 Å². The van der Waals surface area contributed by atoms with E-state index in [-0.39, 0.29) is 18.8 Å². The third-order valence-electron chi connectivity index (χ3n) is 6.75. The van der Waals surface area contributed by atoms with Gasteiger partial charge < -0.3 is 25.0 Å². The first-order valence-corrected chi connectivity index (χ1v) is 11.0. The van der Waals surface area contributed by atoms with E-state index in [2.05, 4.69) is 5.32 Å². The molecule has 0 spiro atoms. The molecule has 3 N–H and O–H groups in total. The van der Waals surface area contributed by atoms with Crippen molar-refractivity contribution in [3.8, 4) is 5.75 Å². The number of hydrogen-bond acceptors (Lipinski definition) is 5. The second-order valence-electron chi connectivity index (χ2n) is 8.78. The molecule has 2 aliphatic rings. The first kappa shape index (κ1) is 23.8. The SMILES string of the molecule is CCC1(O)CC[C@H]2CN(CC1)C(=O)c1c(O)c(=O)c(C(=O)NCc3c(F)cc(F)cc3F)cn12. The smallest absolute Gasteiger partial charge is 0.274 e. The standard InChI is InChI=1S/C23H24F3N3O5/c1-2-23(34)4-3-13-10-28(6-5-23)22(33)18-20(31)19(30)15(11-29(13)18)21(32)27-9-14-16(25)7-12(24)8-17(14)26/h7-8,11,13,31,34H,2-6,9-10H2,1H3,(H,27,32)/t13-,23?/m0/s1. The summed E-state index contributed by atoms with van der Waals surface area (Å²) in [6, 6.07) is 0.525. The van der Waals surface area contributed by atoms with E-state index in [0.29, 0.717) is 37.8 Å². The number of amides is 2. The highest BCUT2D eigenvalue weighted by atomic mass is 19.1. The van der Waals surface area contributed by atoms with Crippen molar-refractivity contribution in [2.75, 3.05) is 13.1 Å². The topological polar surface area (TPSA) is 112 Å². The van der Waals surface area contributed by atoms with Crippen molar-refractivity contribution in [3.63, 3.8) is 0 Å². The van der Waals surface area contributed by atoms with Crippen molar-refractivity contribution in [3.05, 3.63) is 62.8 Å². The largest absolute Gasteiger partial charge is 0.503 e. The fourth-order valence-electron chi connectivity index (χ4n) is 4.54. The van der Waals surface area contributed by atoms with E-state index in [1.165, 1.54) is 9.47 Å². The van der Waals surface area contributed by atoms with E-state index in [1.807, 2.05) is 6.92 Å². The Morgan fingerprint density at radius 1 is 1.21 bits per heavy atom. The van der Waals surface area contributed by atoms with Crippen LogP contribution in [0.3, 0.4) is 0 Å². The van der Waals surface area contributed by atoms with Gasteiger partial charge in [0.25, 0.3) is 11.8 Å². The Kier molecular flexibility index (Phi) is 6.15. The van der Waals surface area contributed by atoms with E-state index in [1.54, 1.807) is 0 Å². The van der Waals surface area contributed by atoms with E-state index >= 15 is 0 Å². The van der Waals surface area contributed by atoms with Gasteiger partial charge in [0.1, 0.15) is 23.0 Å². The molecule has 4 rings (SSSR count). The first-order valence-electron chi connectivity index (χ1n) is 11.0. The van der Waals surface area contributed by atoms with Crippen molar-refractivity contribution < 1.29 is 33.0 Å². The first-order chi connectivity index (χ1) is 16.0. The van der Waals surface area contributed by atoms with Gasteiger partial charge in [-0.1, -0.05) is 6.92 Å². The lowest BCUT2D eigenvalue weighted by atomic mass is 9.86. The molecule has 34 heavy (non-hydrogen) atoms. The molecule has 2 amide bonds. The Balaban J connectivity index is 1.67. The summed E-state index contributed by atoms with van der Waals surface area (Å²) in [5, 5.41) is 23.5. The van der Waals surface area contributed by atoms with Crippen LogP contribution in [0.1, 0.15) is 65.1 Å². The summed E-state index contributed by atoms with van der Waals surface area (Å²) in [5.41, 5.74) is -3.41. The molecule has 1 unspecified atom stereocenters. The van der Waals surface area contributed by atoms with E-state index in [4.69, 9.17) is 0 Å². The van der Waals surface area contributed by atoms with Gasteiger partial charge in [-0.05, 0) is 25.7 Å². The second kappa shape index (κ2) is 8.79. The molecule has 1 aromatic heterocycles. The molecule has 1 saturated heterocycles. The molecule has 0 aliphatic carbocycles. The predicted octanol–water partition coefficient (Wildman–Crippen LogP) is 2.22. The number of aliphatic hydroxyl groups is 1. The second-order valence-corrected chi connectivity index (χ2v) is 8.78. The van der Waals surface area contributed by atoms with Crippen LogP contribution in [0.5, 0.6) is 5.75 Å². The lowest BCUT2D eigenvalue weighted by molar-refractivity contribution is -0.00948. The monoisotopic (exact) mass is 479 g/mol. The third-order valence-corrected chi connectivity index (χ3v) is 6.75. The van der Waals surface area contributed by atoms with Crippen molar-refractivity contribution in [2.45, 2.75) is 50.8 Å². The Labute approximate surface area is 192 Å². The molecule has 0 saturated carbocycles. The highest BCUT2D eigenvalue weighted by molar-refractivity contribution is 5.99. The van der Waals surface area contributed by atoms with Gasteiger partial charge in [0.2, 0.25) is 5.43 Å². The molecule has 3 heterocycles. The summed E-state index contributed by atoms with van der Waals surface area (Å²) >= 11 is 0. The van der Waals surface area contributed by atoms with Crippen LogP contribution in [-0.2, 0) is 6.54 Å². The number of hydrogen-bond donors (Lipinski definition) is 3. The zero-order valence-electron chi connectivity index (χ0n) is 18.4. The minimum absolute atomic E-state index is 0.240. The van der Waals surface area contributed by atoms with Gasteiger partial charge in [0, 0.05) is 43.5 Å². The van der Waals surface area contributed by atoms with Crippen LogP contribution in [0, 0.1) is 17.5 Å². The van der Waals surface area contributed by atoms with Gasteiger partial charge in [-0.25, -0.2) is 13.2 Å². The normalized spacial score (nSPS) is 22.1. The quantitative estimate of drug-likeness (QED) is 0.623. The molecular weight excluding hydrogens is 455 g/mol. The van der Waals surface area contributed by atoms with E-state index in [0.717, 1.165) is 6.20 Å². The zero-order valence-corrected chi connectivity index (χ0v) is 18.4. The number of carbonyl (C=O) groups is 2. The van der Waals surface area contributed by atoms with E-state index in [9.17, 15) is 37.8 Å². The third kappa shape index (κ3) is 4.15. The molecule has 8 nitrogen and oxygen atoms in total. The van der Waals surface area contributed by atoms with Gasteiger partial charge in [0.05, 0.1) is 11.6 Å². The number of pyridine rings is 1. The fraction of sp³-hybridized carbons (Fsp3) is 0.435. The summed E-state index contributed by atoms with van der Waals surface area (Å²) < 4.78 is 42.2. The Bertz CT molecular complexity index is 1210. The van der Waals surface area contributed by atoms with Crippen molar-refractivity contribution in [1.82, 2.24) is 14.8 Å². The number of aromatic hydroxyl groups is 1. The van der Waals surface area contributed by atoms with Gasteiger partial charge >= 0.3 is 0 Å². The molecule has 2 bridgehead atoms. The van der Waals surface area contributed by atoms with Gasteiger partial charge in [-0.3, -0.25) is 14.4 Å². The molecular formula is C23H24F3N3O5. The van der Waals surface area contributed by atoms with Crippen LogP contribution >= 0.6 is 0 Å². The van der Waals surface area contributed by atoms with Crippen LogP contribution in [0.4, 0.5) is 13.2 Å². The predicted molar refractivity (Wildman–Crippen MR) is 114 cm³/mol. The Morgan fingerprint density at radius 3 is 2.53 bits per heavy atom. The average molecular weight is 479 g/mol. The lowest BCUT2D eigenvalue weighted by Gasteiger charge is -2.42. The minimum Gasteiger partial charge on any atom is -0.503 e. The molecule has 2 aromatic rings. The minimum atomic E-state index is -1.20. The maximum atomic E-state index is 13.9. The highest BCUT2D eigenvalue weighted by Crippen LogP contribution is 2.35. The number of halogens is 3. The number of fused-ring (bicyclic) bond motifs is 4. The summed E-state index contributed by atoms with van der Waals surface area (Å²) in [6.45, 7) is 1.71. The van der Waals surface area contributed by atoms with Crippen LogP contribution in [0.15, 0.2) is 23.1 Å². The van der Waals surface area contributed by atoms with Crippen LogP contribution in [-0.4, -0.2) is 50.2 Å². The molecule has 11 heteroatoms. The van der Waals surface area contributed by atoms with Gasteiger partial charge in [0.15, 0.2) is 11.4 Å². The molecule has 2 aliphatic heterocycles. The van der Waals surface area contributed by atoms with Crippen molar-refractivity contribution in [1.29, 1.82) is 0 Å². The summed E-state index contributed by atoms with van der Waals surface area (Å²) in [7, 11) is 0. The van der Waals surface area contributed by atoms with Crippen molar-refractivity contribution >= 4 is 11.8 Å². The van der Waals surface area contributed by atoms with E-state index < -0.39 is 69.8 Å². The zero-order chi connectivity index (χ0) is 24.8. The highest BCUT2D eigenvalue weighted by Gasteiger charge is 2.39. The van der Waals surface area contributed by atoms with Crippen LogP contribution < -0.4 is 10.7 Å². The van der Waals surface area contributed by atoms with Crippen molar-refractivity contribution in [2.24, 2.45) is 0 Å². The molecule has 1 aromatic carbocycles. The summed E-state index contributed by atoms with van der Waals surface area (Å²) in [5.74, 6) is -6.02. The molecule has 1 fully saturated rings. The number of carbonyl (C=O) groups excluding carboxylic acids is 2. The summed E-state index contributed by atoms with van der Waals surface area (Å²) in [4.78, 5) is 39.9. The molecule has 2 atom stereocenters. The maximum absolute atomic E-state index is 13.9. The number of nitrogens with zero attached hydrogens (tertiary/aromatic N) is 2.